The molecule has 0 unspecified atom stereocenters. The maximum Gasteiger partial charge on any atom is 0.308 e. The van der Waals surface area contributed by atoms with E-state index < -0.39 is 5.97 Å². The number of halogens is 2. The largest absolute Gasteiger partial charge is 0.460 e. The van der Waals surface area contributed by atoms with Crippen LogP contribution in [0.1, 0.15) is 12.5 Å². The number of carbonyl (C=O) groups is 1. The highest BCUT2D eigenvalue weighted by molar-refractivity contribution is 6.35. The first-order valence-electron chi connectivity index (χ1n) is 6.96. The minimum Gasteiger partial charge on any atom is -0.460 e. The first-order chi connectivity index (χ1) is 11.4. The molecule has 0 amide bonds. The van der Waals surface area contributed by atoms with Gasteiger partial charge in [-0.1, -0.05) is 29.8 Å². The molecule has 3 rings (SSSR count). The molecule has 0 saturated carbocycles. The summed E-state index contributed by atoms with van der Waals surface area (Å²) < 4.78 is 16.4. The fourth-order valence-corrected chi connectivity index (χ4v) is 2.61. The molecule has 0 radical (unpaired) electrons. The fraction of sp³-hybridized carbons (Fsp3) is 0.0556. The van der Waals surface area contributed by atoms with Crippen LogP contribution in [0.5, 0.6) is 17.2 Å². The van der Waals surface area contributed by atoms with Crippen LogP contribution in [-0.2, 0) is 4.79 Å². The van der Waals surface area contributed by atoms with E-state index in [0.717, 1.165) is 5.56 Å². The van der Waals surface area contributed by atoms with Crippen molar-refractivity contribution in [3.05, 3.63) is 70.6 Å². The Morgan fingerprint density at radius 2 is 1.96 bits per heavy atom. The number of allylic oxidation sites excluding steroid dienone is 1. The van der Waals surface area contributed by atoms with Crippen LogP contribution < -0.4 is 14.2 Å². The van der Waals surface area contributed by atoms with Crippen molar-refractivity contribution >= 4 is 34.7 Å². The van der Waals surface area contributed by atoms with Crippen LogP contribution >= 0.6 is 23.2 Å². The molecule has 4 nitrogen and oxygen atoms in total. The molecule has 2 aromatic rings. The van der Waals surface area contributed by atoms with Gasteiger partial charge in [0, 0.05) is 29.1 Å². The maximum absolute atomic E-state index is 11.0. The summed E-state index contributed by atoms with van der Waals surface area (Å²) >= 11 is 12.0. The zero-order valence-corrected chi connectivity index (χ0v) is 14.1. The van der Waals surface area contributed by atoms with Gasteiger partial charge in [-0.25, -0.2) is 0 Å². The quantitative estimate of drug-likeness (QED) is 0.552. The third-order valence-corrected chi connectivity index (χ3v) is 3.77. The standard InChI is InChI=1S/C18H12Cl2O4/c1-10-14-5-4-13(23-11(2)21)8-17(14)22-9-18(10)24-16-6-3-12(19)7-15(16)20/h3-9H,1H2,2H3. The third kappa shape index (κ3) is 3.40. The Morgan fingerprint density at radius 3 is 2.67 bits per heavy atom. The second-order valence-corrected chi connectivity index (χ2v) is 5.85. The maximum atomic E-state index is 11.0. The number of carbonyl (C=O) groups excluding carboxylic acids is 1. The normalized spacial score (nSPS) is 12.8. The molecule has 1 aliphatic heterocycles. The summed E-state index contributed by atoms with van der Waals surface area (Å²) in [5.41, 5.74) is 1.35. The number of rotatable bonds is 3. The Kier molecular flexibility index (Phi) is 4.51. The molecule has 2 aromatic carbocycles. The van der Waals surface area contributed by atoms with Crippen molar-refractivity contribution in [3.63, 3.8) is 0 Å². The molecular weight excluding hydrogens is 351 g/mol. The lowest BCUT2D eigenvalue weighted by Gasteiger charge is -2.20. The second-order valence-electron chi connectivity index (χ2n) is 5.01. The summed E-state index contributed by atoms with van der Waals surface area (Å²) in [6.07, 6.45) is 1.42. The van der Waals surface area contributed by atoms with E-state index in [1.807, 2.05) is 0 Å². The number of hydrogen-bond donors (Lipinski definition) is 0. The van der Waals surface area contributed by atoms with Gasteiger partial charge in [0.1, 0.15) is 23.5 Å². The summed E-state index contributed by atoms with van der Waals surface area (Å²) in [4.78, 5) is 11.0. The van der Waals surface area contributed by atoms with E-state index in [4.69, 9.17) is 37.4 Å². The molecule has 0 N–H and O–H groups in total. The zero-order valence-electron chi connectivity index (χ0n) is 12.6. The van der Waals surface area contributed by atoms with Gasteiger partial charge in [0.25, 0.3) is 0 Å². The molecule has 0 atom stereocenters. The van der Waals surface area contributed by atoms with Gasteiger partial charge in [-0.05, 0) is 30.3 Å². The SMILES string of the molecule is C=C1C(Oc2ccc(Cl)cc2Cl)=COc2cc(OC(C)=O)ccc21. The highest BCUT2D eigenvalue weighted by Crippen LogP contribution is 2.39. The Bertz CT molecular complexity index is 871. The smallest absolute Gasteiger partial charge is 0.308 e. The molecule has 0 aromatic heterocycles. The van der Waals surface area contributed by atoms with Gasteiger partial charge in [-0.15, -0.1) is 0 Å². The lowest BCUT2D eigenvalue weighted by Crippen LogP contribution is -2.08. The molecule has 0 spiro atoms. The van der Waals surface area contributed by atoms with Crippen molar-refractivity contribution in [3.8, 4) is 17.2 Å². The van der Waals surface area contributed by atoms with Gasteiger partial charge >= 0.3 is 5.97 Å². The van der Waals surface area contributed by atoms with Gasteiger partial charge < -0.3 is 14.2 Å². The van der Waals surface area contributed by atoms with E-state index in [9.17, 15) is 4.79 Å². The van der Waals surface area contributed by atoms with Crippen molar-refractivity contribution in [2.24, 2.45) is 0 Å². The first kappa shape index (κ1) is 16.4. The highest BCUT2D eigenvalue weighted by atomic mass is 35.5. The first-order valence-corrected chi connectivity index (χ1v) is 7.71. The van der Waals surface area contributed by atoms with E-state index in [1.165, 1.54) is 13.2 Å². The monoisotopic (exact) mass is 362 g/mol. The van der Waals surface area contributed by atoms with E-state index in [1.54, 1.807) is 36.4 Å². The molecule has 122 valence electrons. The molecular formula is C18H12Cl2O4. The van der Waals surface area contributed by atoms with Crippen LogP contribution in [0.2, 0.25) is 10.0 Å². The van der Waals surface area contributed by atoms with Gasteiger partial charge in [0.2, 0.25) is 0 Å². The summed E-state index contributed by atoms with van der Waals surface area (Å²) in [6, 6.07) is 9.95. The lowest BCUT2D eigenvalue weighted by molar-refractivity contribution is -0.131. The van der Waals surface area contributed by atoms with Crippen LogP contribution in [0.15, 0.2) is 55.0 Å². The topological polar surface area (TPSA) is 44.8 Å². The number of benzene rings is 2. The van der Waals surface area contributed by atoms with E-state index in [2.05, 4.69) is 6.58 Å². The molecule has 1 aliphatic rings. The van der Waals surface area contributed by atoms with Crippen molar-refractivity contribution in [1.29, 1.82) is 0 Å². The summed E-state index contributed by atoms with van der Waals surface area (Å²) in [5.74, 6) is 1.38. The molecule has 24 heavy (non-hydrogen) atoms. The summed E-state index contributed by atoms with van der Waals surface area (Å²) in [7, 11) is 0. The van der Waals surface area contributed by atoms with E-state index in [0.29, 0.717) is 38.6 Å². The fourth-order valence-electron chi connectivity index (χ4n) is 2.16. The average molecular weight is 363 g/mol. The van der Waals surface area contributed by atoms with Crippen molar-refractivity contribution in [2.75, 3.05) is 0 Å². The average Bonchev–Trinajstić information content (AvgIpc) is 2.52. The molecule has 0 bridgehead atoms. The Hall–Kier alpha value is -2.43. The van der Waals surface area contributed by atoms with E-state index >= 15 is 0 Å². The lowest BCUT2D eigenvalue weighted by atomic mass is 10.0. The minimum atomic E-state index is -0.401. The number of esters is 1. The van der Waals surface area contributed by atoms with Crippen molar-refractivity contribution in [2.45, 2.75) is 6.92 Å². The Balaban J connectivity index is 1.84. The predicted molar refractivity (Wildman–Crippen MR) is 92.6 cm³/mol. The van der Waals surface area contributed by atoms with Gasteiger partial charge in [-0.3, -0.25) is 4.79 Å². The van der Waals surface area contributed by atoms with Crippen molar-refractivity contribution < 1.29 is 19.0 Å². The summed E-state index contributed by atoms with van der Waals surface area (Å²) in [6.45, 7) is 5.36. The third-order valence-electron chi connectivity index (χ3n) is 3.24. The number of ether oxygens (including phenoxy) is 3. The zero-order chi connectivity index (χ0) is 17.3. The minimum absolute atomic E-state index is 0.382. The predicted octanol–water partition coefficient (Wildman–Crippen LogP) is 5.24. The van der Waals surface area contributed by atoms with Gasteiger partial charge in [0.05, 0.1) is 5.02 Å². The molecule has 0 aliphatic carbocycles. The number of fused-ring (bicyclic) bond motifs is 1. The van der Waals surface area contributed by atoms with Crippen LogP contribution in [0.25, 0.3) is 5.57 Å². The summed E-state index contributed by atoms with van der Waals surface area (Å²) in [5, 5.41) is 0.899. The second kappa shape index (κ2) is 6.59. The number of hydrogen-bond acceptors (Lipinski definition) is 4. The molecule has 1 heterocycles. The molecule has 0 fully saturated rings. The molecule has 6 heteroatoms. The Morgan fingerprint density at radius 1 is 1.17 bits per heavy atom. The van der Waals surface area contributed by atoms with E-state index in [-0.39, 0.29) is 0 Å². The van der Waals surface area contributed by atoms with Crippen LogP contribution in [0, 0.1) is 0 Å². The van der Waals surface area contributed by atoms with Crippen LogP contribution in [-0.4, -0.2) is 5.97 Å². The van der Waals surface area contributed by atoms with Crippen molar-refractivity contribution in [1.82, 2.24) is 0 Å². The van der Waals surface area contributed by atoms with Gasteiger partial charge in [0.15, 0.2) is 5.76 Å². The van der Waals surface area contributed by atoms with Crippen LogP contribution in [0.4, 0.5) is 0 Å². The van der Waals surface area contributed by atoms with Gasteiger partial charge in [-0.2, -0.15) is 0 Å². The van der Waals surface area contributed by atoms with Crippen LogP contribution in [0.3, 0.4) is 0 Å². The molecule has 0 saturated heterocycles. The Labute approximate surface area is 148 Å². The highest BCUT2D eigenvalue weighted by Gasteiger charge is 2.20.